The number of halogens is 1. The van der Waals surface area contributed by atoms with Gasteiger partial charge in [-0.15, -0.1) is 22.9 Å². The summed E-state index contributed by atoms with van der Waals surface area (Å²) in [5, 5.41) is 3.35. The molecular weight excluding hydrogens is 290 g/mol. The van der Waals surface area contributed by atoms with E-state index in [1.807, 2.05) is 17.5 Å². The molecular formula is C16H16ClNOS. The highest BCUT2D eigenvalue weighted by atomic mass is 35.5. The lowest BCUT2D eigenvalue weighted by Gasteiger charge is -2.37. The van der Waals surface area contributed by atoms with Crippen LogP contribution in [0.1, 0.15) is 36.0 Å². The molecule has 2 fully saturated rings. The summed E-state index contributed by atoms with van der Waals surface area (Å²) in [6.07, 6.45) is 4.13. The Morgan fingerprint density at radius 1 is 1.20 bits per heavy atom. The van der Waals surface area contributed by atoms with E-state index < -0.39 is 0 Å². The summed E-state index contributed by atoms with van der Waals surface area (Å²) in [6.45, 7) is 0. The van der Waals surface area contributed by atoms with Crippen LogP contribution >= 0.6 is 22.9 Å². The monoisotopic (exact) mass is 305 g/mol. The topological polar surface area (TPSA) is 20.3 Å². The average molecular weight is 306 g/mol. The molecule has 4 heteroatoms. The molecule has 2 unspecified atom stereocenters. The molecule has 20 heavy (non-hydrogen) atoms. The van der Waals surface area contributed by atoms with Gasteiger partial charge >= 0.3 is 0 Å². The second-order valence-corrected chi connectivity index (χ2v) is 7.34. The molecule has 1 aromatic carbocycles. The van der Waals surface area contributed by atoms with Gasteiger partial charge in [0.05, 0.1) is 5.56 Å². The number of nitrogens with zero attached hydrogens (tertiary/aromatic N) is 1. The second-order valence-electron chi connectivity index (χ2n) is 5.81. The molecule has 0 aliphatic carbocycles. The Labute approximate surface area is 127 Å². The van der Waals surface area contributed by atoms with Crippen LogP contribution in [0.3, 0.4) is 0 Å². The van der Waals surface area contributed by atoms with Crippen molar-refractivity contribution in [2.75, 3.05) is 0 Å². The minimum atomic E-state index is 0.207. The van der Waals surface area contributed by atoms with Crippen LogP contribution in [0.4, 0.5) is 0 Å². The lowest BCUT2D eigenvalue weighted by molar-refractivity contribution is 0.0602. The van der Waals surface area contributed by atoms with Crippen LogP contribution in [0.2, 0.25) is 0 Å². The van der Waals surface area contributed by atoms with Crippen LogP contribution in [-0.2, 0) is 0 Å². The minimum absolute atomic E-state index is 0.207. The predicted octanol–water partition coefficient (Wildman–Crippen LogP) is 4.28. The van der Waals surface area contributed by atoms with E-state index in [1.165, 1.54) is 4.70 Å². The van der Waals surface area contributed by atoms with Crippen molar-refractivity contribution in [1.29, 1.82) is 0 Å². The lowest BCUT2D eigenvalue weighted by atomic mass is 10.0. The number of carbonyl (C=O) groups is 1. The predicted molar refractivity (Wildman–Crippen MR) is 83.7 cm³/mol. The van der Waals surface area contributed by atoms with E-state index in [0.717, 1.165) is 36.6 Å². The van der Waals surface area contributed by atoms with Gasteiger partial charge in [-0.3, -0.25) is 4.79 Å². The maximum Gasteiger partial charge on any atom is 0.255 e. The molecule has 2 aliphatic rings. The normalized spacial score (nSPS) is 29.1. The van der Waals surface area contributed by atoms with Crippen molar-refractivity contribution in [3.8, 4) is 0 Å². The molecule has 4 rings (SSSR count). The molecule has 2 atom stereocenters. The van der Waals surface area contributed by atoms with Crippen LogP contribution in [0.15, 0.2) is 29.6 Å². The van der Waals surface area contributed by atoms with E-state index >= 15 is 0 Å². The zero-order valence-electron chi connectivity index (χ0n) is 11.1. The Balaban J connectivity index is 1.71. The van der Waals surface area contributed by atoms with Crippen molar-refractivity contribution < 1.29 is 4.79 Å². The first-order valence-corrected chi connectivity index (χ1v) is 8.48. The van der Waals surface area contributed by atoms with Gasteiger partial charge in [0, 0.05) is 32.9 Å². The van der Waals surface area contributed by atoms with E-state index in [1.54, 1.807) is 11.3 Å². The highest BCUT2D eigenvalue weighted by Gasteiger charge is 2.43. The molecule has 2 nitrogen and oxygen atoms in total. The van der Waals surface area contributed by atoms with Crippen molar-refractivity contribution in [1.82, 2.24) is 4.90 Å². The quantitative estimate of drug-likeness (QED) is 0.720. The van der Waals surface area contributed by atoms with Crippen molar-refractivity contribution in [3.05, 3.63) is 35.2 Å². The molecule has 2 aromatic rings. The van der Waals surface area contributed by atoms with Crippen LogP contribution in [0.25, 0.3) is 10.1 Å². The van der Waals surface area contributed by atoms with Crippen molar-refractivity contribution in [2.24, 2.45) is 0 Å². The van der Waals surface area contributed by atoms with E-state index in [0.29, 0.717) is 12.1 Å². The molecule has 0 spiro atoms. The van der Waals surface area contributed by atoms with E-state index in [-0.39, 0.29) is 11.3 Å². The van der Waals surface area contributed by atoms with Gasteiger partial charge in [-0.05, 0) is 31.7 Å². The maximum absolute atomic E-state index is 12.9. The Bertz CT molecular complexity index is 653. The Kier molecular flexibility index (Phi) is 3.00. The van der Waals surface area contributed by atoms with Gasteiger partial charge in [0.25, 0.3) is 5.91 Å². The van der Waals surface area contributed by atoms with Crippen LogP contribution in [0.5, 0.6) is 0 Å². The van der Waals surface area contributed by atoms with Gasteiger partial charge in [-0.1, -0.05) is 18.2 Å². The van der Waals surface area contributed by atoms with E-state index in [9.17, 15) is 4.79 Å². The minimum Gasteiger partial charge on any atom is -0.333 e. The summed E-state index contributed by atoms with van der Waals surface area (Å²) >= 11 is 7.96. The Morgan fingerprint density at radius 3 is 2.65 bits per heavy atom. The number of hydrogen-bond acceptors (Lipinski definition) is 2. The molecule has 1 aromatic heterocycles. The molecule has 1 amide bonds. The molecule has 0 saturated carbocycles. The van der Waals surface area contributed by atoms with Gasteiger partial charge in [-0.25, -0.2) is 0 Å². The van der Waals surface area contributed by atoms with Crippen molar-refractivity contribution in [3.63, 3.8) is 0 Å². The first kappa shape index (κ1) is 12.7. The third-order valence-electron chi connectivity index (χ3n) is 4.62. The summed E-state index contributed by atoms with van der Waals surface area (Å²) in [5.74, 6) is 0.207. The SMILES string of the molecule is O=C(c1csc2ccccc12)N1C2CCC1CC(Cl)C2. The summed E-state index contributed by atoms with van der Waals surface area (Å²) in [7, 11) is 0. The zero-order chi connectivity index (χ0) is 13.7. The number of benzene rings is 1. The second kappa shape index (κ2) is 4.74. The summed E-state index contributed by atoms with van der Waals surface area (Å²) < 4.78 is 1.19. The Morgan fingerprint density at radius 2 is 1.90 bits per heavy atom. The summed E-state index contributed by atoms with van der Waals surface area (Å²) in [6, 6.07) is 8.86. The lowest BCUT2D eigenvalue weighted by Crippen LogP contribution is -2.46. The first-order valence-electron chi connectivity index (χ1n) is 7.17. The highest BCUT2D eigenvalue weighted by molar-refractivity contribution is 7.17. The van der Waals surface area contributed by atoms with E-state index in [4.69, 9.17) is 11.6 Å². The number of carbonyl (C=O) groups excluding carboxylic acids is 1. The van der Waals surface area contributed by atoms with E-state index in [2.05, 4.69) is 17.0 Å². The van der Waals surface area contributed by atoms with Gasteiger partial charge in [-0.2, -0.15) is 0 Å². The summed E-state index contributed by atoms with van der Waals surface area (Å²) in [5.41, 5.74) is 0.871. The van der Waals surface area contributed by atoms with Gasteiger partial charge in [0.1, 0.15) is 0 Å². The number of alkyl halides is 1. The van der Waals surface area contributed by atoms with Crippen LogP contribution in [0, 0.1) is 0 Å². The molecule has 0 N–H and O–H groups in total. The number of fused-ring (bicyclic) bond motifs is 3. The standard InChI is InChI=1S/C16H16ClNOS/c17-10-7-11-5-6-12(8-10)18(11)16(19)14-9-20-15-4-2-1-3-13(14)15/h1-4,9-12H,5-8H2. The molecule has 2 saturated heterocycles. The maximum atomic E-state index is 12.9. The van der Waals surface area contributed by atoms with Crippen LogP contribution in [-0.4, -0.2) is 28.3 Å². The van der Waals surface area contributed by atoms with Crippen molar-refractivity contribution in [2.45, 2.75) is 43.1 Å². The number of piperidine rings is 1. The Hall–Kier alpha value is -1.06. The first-order chi connectivity index (χ1) is 9.74. The number of hydrogen-bond donors (Lipinski definition) is 0. The fourth-order valence-corrected chi connectivity index (χ4v) is 5.07. The van der Waals surface area contributed by atoms with Crippen LogP contribution < -0.4 is 0 Å². The van der Waals surface area contributed by atoms with Crippen molar-refractivity contribution >= 4 is 38.9 Å². The van der Waals surface area contributed by atoms with Gasteiger partial charge in [0.15, 0.2) is 0 Å². The fourth-order valence-electron chi connectivity index (χ4n) is 3.72. The average Bonchev–Trinajstić information content (AvgIpc) is 2.98. The van der Waals surface area contributed by atoms with Gasteiger partial charge in [0.2, 0.25) is 0 Å². The zero-order valence-corrected chi connectivity index (χ0v) is 12.7. The third kappa shape index (κ3) is 1.87. The molecule has 2 bridgehead atoms. The smallest absolute Gasteiger partial charge is 0.255 e. The number of amides is 1. The molecule has 0 radical (unpaired) electrons. The number of rotatable bonds is 1. The largest absolute Gasteiger partial charge is 0.333 e. The third-order valence-corrected chi connectivity index (χ3v) is 5.94. The fraction of sp³-hybridized carbons (Fsp3) is 0.438. The molecule has 2 aliphatic heterocycles. The molecule has 3 heterocycles. The number of thiophene rings is 1. The highest BCUT2D eigenvalue weighted by Crippen LogP contribution is 2.39. The van der Waals surface area contributed by atoms with Gasteiger partial charge < -0.3 is 4.90 Å². The molecule has 104 valence electrons. The summed E-state index contributed by atoms with van der Waals surface area (Å²) in [4.78, 5) is 15.1.